The van der Waals surface area contributed by atoms with E-state index in [9.17, 15) is 4.79 Å². The lowest BCUT2D eigenvalue weighted by molar-refractivity contribution is -0.133. The molecule has 0 N–H and O–H groups in total. The molecule has 6 heteroatoms. The van der Waals surface area contributed by atoms with Crippen molar-refractivity contribution in [2.45, 2.75) is 32.0 Å². The molecule has 132 valence electrons. The summed E-state index contributed by atoms with van der Waals surface area (Å²) in [5, 5.41) is 4.28. The third kappa shape index (κ3) is 3.69. The fraction of sp³-hybridized carbons (Fsp3) is 0.474. The predicted molar refractivity (Wildman–Crippen MR) is 94.2 cm³/mol. The molecule has 2 aliphatic rings. The summed E-state index contributed by atoms with van der Waals surface area (Å²) in [6.07, 6.45) is 5.88. The topological polar surface area (TPSA) is 50.6 Å². The molecular formula is C19H24N4O2. The zero-order valence-corrected chi connectivity index (χ0v) is 14.4. The number of rotatable bonds is 4. The Morgan fingerprint density at radius 2 is 2.16 bits per heavy atom. The first-order valence-corrected chi connectivity index (χ1v) is 8.99. The monoisotopic (exact) mass is 340 g/mol. The van der Waals surface area contributed by atoms with E-state index >= 15 is 0 Å². The molecule has 2 aliphatic heterocycles. The average molecular weight is 340 g/mol. The Labute approximate surface area is 148 Å². The zero-order valence-electron chi connectivity index (χ0n) is 14.4. The van der Waals surface area contributed by atoms with Gasteiger partial charge in [0.25, 0.3) is 0 Å². The third-order valence-electron chi connectivity index (χ3n) is 5.04. The van der Waals surface area contributed by atoms with Crippen LogP contribution >= 0.6 is 0 Å². The number of likely N-dealkylation sites (tertiary alicyclic amines) is 1. The lowest BCUT2D eigenvalue weighted by Gasteiger charge is -2.28. The lowest BCUT2D eigenvalue weighted by Crippen LogP contribution is -2.44. The minimum absolute atomic E-state index is 0.217. The molecule has 6 nitrogen and oxygen atoms in total. The number of para-hydroxylation sites is 1. The molecule has 0 spiro atoms. The van der Waals surface area contributed by atoms with Crippen molar-refractivity contribution in [3.05, 3.63) is 48.3 Å². The van der Waals surface area contributed by atoms with E-state index < -0.39 is 0 Å². The smallest absolute Gasteiger partial charge is 0.237 e. The molecule has 1 saturated heterocycles. The Hall–Kier alpha value is -2.34. The number of amides is 1. The summed E-state index contributed by atoms with van der Waals surface area (Å²) in [7, 11) is 0. The van der Waals surface area contributed by atoms with Gasteiger partial charge in [-0.25, -0.2) is 0 Å². The first-order valence-electron chi connectivity index (χ1n) is 8.99. The van der Waals surface area contributed by atoms with Crippen LogP contribution in [0.5, 0.6) is 5.75 Å². The lowest BCUT2D eigenvalue weighted by atomic mass is 10.2. The molecule has 3 heterocycles. The minimum Gasteiger partial charge on any atom is -0.492 e. The van der Waals surface area contributed by atoms with Crippen LogP contribution in [-0.4, -0.2) is 57.8 Å². The third-order valence-corrected chi connectivity index (χ3v) is 5.04. The van der Waals surface area contributed by atoms with Crippen molar-refractivity contribution < 1.29 is 9.53 Å². The van der Waals surface area contributed by atoms with Gasteiger partial charge in [0.1, 0.15) is 12.4 Å². The Kier molecular flexibility index (Phi) is 4.70. The molecule has 1 amide bonds. The molecule has 1 aromatic carbocycles. The van der Waals surface area contributed by atoms with E-state index in [1.54, 1.807) is 6.20 Å². The number of benzene rings is 1. The number of ether oxygens (including phenoxy) is 1. The Bertz CT molecular complexity index is 716. The molecule has 0 unspecified atom stereocenters. The Morgan fingerprint density at radius 1 is 1.24 bits per heavy atom. The largest absolute Gasteiger partial charge is 0.492 e. The van der Waals surface area contributed by atoms with Crippen LogP contribution in [-0.2, 0) is 17.9 Å². The van der Waals surface area contributed by atoms with E-state index in [2.05, 4.69) is 16.1 Å². The number of hydrogen-bond donors (Lipinski definition) is 0. The maximum Gasteiger partial charge on any atom is 0.237 e. The normalized spacial score (nSPS) is 20.8. The van der Waals surface area contributed by atoms with E-state index in [0.717, 1.165) is 50.3 Å². The summed E-state index contributed by atoms with van der Waals surface area (Å²) in [5.41, 5.74) is 1.15. The molecule has 2 aromatic rings. The second-order valence-corrected chi connectivity index (χ2v) is 6.78. The Balaban J connectivity index is 1.39. The van der Waals surface area contributed by atoms with Crippen molar-refractivity contribution in [3.63, 3.8) is 0 Å². The van der Waals surface area contributed by atoms with Gasteiger partial charge in [0.05, 0.1) is 19.1 Å². The first-order chi connectivity index (χ1) is 12.3. The van der Waals surface area contributed by atoms with Gasteiger partial charge >= 0.3 is 0 Å². The van der Waals surface area contributed by atoms with E-state index in [0.29, 0.717) is 13.2 Å². The highest BCUT2D eigenvalue weighted by molar-refractivity contribution is 5.79. The van der Waals surface area contributed by atoms with Crippen molar-refractivity contribution in [1.29, 1.82) is 0 Å². The minimum atomic E-state index is 0.217. The van der Waals surface area contributed by atoms with Gasteiger partial charge in [-0.1, -0.05) is 18.2 Å². The maximum atomic E-state index is 12.9. The van der Waals surface area contributed by atoms with Crippen LogP contribution < -0.4 is 4.74 Å². The van der Waals surface area contributed by atoms with Gasteiger partial charge in [-0.2, -0.15) is 5.10 Å². The summed E-state index contributed by atoms with van der Waals surface area (Å²) in [5.74, 6) is 1.16. The average Bonchev–Trinajstić information content (AvgIpc) is 3.24. The number of aromatic nitrogens is 2. The molecule has 1 atom stereocenters. The van der Waals surface area contributed by atoms with Crippen LogP contribution in [0.25, 0.3) is 0 Å². The number of fused-ring (bicyclic) bond motifs is 1. The molecule has 1 fully saturated rings. The number of carbonyl (C=O) groups is 1. The zero-order chi connectivity index (χ0) is 17.1. The van der Waals surface area contributed by atoms with Gasteiger partial charge in [0.15, 0.2) is 0 Å². The first kappa shape index (κ1) is 16.1. The van der Waals surface area contributed by atoms with Crippen LogP contribution in [0, 0.1) is 0 Å². The van der Waals surface area contributed by atoms with Crippen molar-refractivity contribution >= 4 is 5.91 Å². The van der Waals surface area contributed by atoms with Crippen molar-refractivity contribution in [3.8, 4) is 5.75 Å². The maximum absolute atomic E-state index is 12.9. The molecule has 0 bridgehead atoms. The van der Waals surface area contributed by atoms with Crippen LogP contribution in [0.2, 0.25) is 0 Å². The molecule has 0 saturated carbocycles. The van der Waals surface area contributed by atoms with Gasteiger partial charge < -0.3 is 9.64 Å². The summed E-state index contributed by atoms with van der Waals surface area (Å²) in [6, 6.07) is 10.3. The standard InChI is InChI=1S/C19H24N4O2/c24-19(23-10-3-6-17(23)14-22-9-4-8-20-22)15-21-11-12-25-18-7-2-1-5-16(18)13-21/h1-2,4-5,7-9,17H,3,6,10-15H2/t17-/m0/s1. The molecule has 4 rings (SSSR count). The van der Waals surface area contributed by atoms with Crippen LogP contribution in [0.4, 0.5) is 0 Å². The predicted octanol–water partition coefficient (Wildman–Crippen LogP) is 1.77. The van der Waals surface area contributed by atoms with Crippen molar-refractivity contribution in [1.82, 2.24) is 19.6 Å². The Morgan fingerprint density at radius 3 is 3.04 bits per heavy atom. The second-order valence-electron chi connectivity index (χ2n) is 6.78. The number of hydrogen-bond acceptors (Lipinski definition) is 4. The molecular weight excluding hydrogens is 316 g/mol. The second kappa shape index (κ2) is 7.27. The highest BCUT2D eigenvalue weighted by Gasteiger charge is 2.30. The van der Waals surface area contributed by atoms with Crippen LogP contribution in [0.15, 0.2) is 42.7 Å². The summed E-state index contributed by atoms with van der Waals surface area (Å²) in [6.45, 7) is 4.25. The van der Waals surface area contributed by atoms with E-state index in [-0.39, 0.29) is 11.9 Å². The molecule has 25 heavy (non-hydrogen) atoms. The molecule has 1 aromatic heterocycles. The molecule has 0 aliphatic carbocycles. The van der Waals surface area contributed by atoms with Crippen molar-refractivity contribution in [2.75, 3.05) is 26.2 Å². The van der Waals surface area contributed by atoms with Gasteiger partial charge in [-0.05, 0) is 25.0 Å². The highest BCUT2D eigenvalue weighted by Crippen LogP contribution is 2.23. The van der Waals surface area contributed by atoms with Crippen LogP contribution in [0.3, 0.4) is 0 Å². The van der Waals surface area contributed by atoms with Gasteiger partial charge in [-0.15, -0.1) is 0 Å². The van der Waals surface area contributed by atoms with E-state index in [4.69, 9.17) is 4.74 Å². The van der Waals surface area contributed by atoms with Crippen LogP contribution in [0.1, 0.15) is 18.4 Å². The molecule has 0 radical (unpaired) electrons. The van der Waals surface area contributed by atoms with E-state index in [1.165, 1.54) is 0 Å². The van der Waals surface area contributed by atoms with E-state index in [1.807, 2.05) is 40.0 Å². The summed E-state index contributed by atoms with van der Waals surface area (Å²) < 4.78 is 7.72. The van der Waals surface area contributed by atoms with Gasteiger partial charge in [-0.3, -0.25) is 14.4 Å². The van der Waals surface area contributed by atoms with Crippen molar-refractivity contribution in [2.24, 2.45) is 0 Å². The number of carbonyl (C=O) groups excluding carboxylic acids is 1. The quantitative estimate of drug-likeness (QED) is 0.851. The SMILES string of the molecule is O=C(CN1CCOc2ccccc2C1)N1CCC[C@H]1Cn1cccn1. The summed E-state index contributed by atoms with van der Waals surface area (Å²) >= 11 is 0. The number of nitrogens with zero attached hydrogens (tertiary/aromatic N) is 4. The fourth-order valence-corrected chi connectivity index (χ4v) is 3.78. The fourth-order valence-electron chi connectivity index (χ4n) is 3.78. The summed E-state index contributed by atoms with van der Waals surface area (Å²) in [4.78, 5) is 17.1. The van der Waals surface area contributed by atoms with Gasteiger partial charge in [0, 0.05) is 37.6 Å². The van der Waals surface area contributed by atoms with Gasteiger partial charge in [0.2, 0.25) is 5.91 Å². The highest BCUT2D eigenvalue weighted by atomic mass is 16.5.